The molecule has 4 heteroatoms. The number of imide groups is 1. The molecule has 0 saturated carbocycles. The van der Waals surface area contributed by atoms with Crippen molar-refractivity contribution in [2.24, 2.45) is 5.41 Å². The minimum atomic E-state index is -0.983. The largest absolute Gasteiger partial charge is 0.388 e. The summed E-state index contributed by atoms with van der Waals surface area (Å²) in [6, 6.07) is 0. The average Bonchev–Trinajstić information content (AvgIpc) is 2.53. The van der Waals surface area contributed by atoms with Gasteiger partial charge in [0.05, 0.1) is 17.6 Å². The van der Waals surface area contributed by atoms with Crippen molar-refractivity contribution in [1.29, 1.82) is 0 Å². The molecule has 0 aliphatic carbocycles. The molecule has 98 valence electrons. The van der Waals surface area contributed by atoms with E-state index in [1.54, 1.807) is 6.92 Å². The molecule has 1 rings (SSSR count). The fraction of sp³-hybridized carbons (Fsp3) is 0.846. The number of β-amino-alcohol motifs (C(OH)–C–C–N with tert-alkyl or cyclic N) is 1. The molecule has 0 aromatic heterocycles. The van der Waals surface area contributed by atoms with E-state index in [4.69, 9.17) is 0 Å². The van der Waals surface area contributed by atoms with Crippen molar-refractivity contribution in [2.45, 2.75) is 59.0 Å². The van der Waals surface area contributed by atoms with Crippen molar-refractivity contribution < 1.29 is 14.7 Å². The number of carbonyl (C=O) groups is 2. The summed E-state index contributed by atoms with van der Waals surface area (Å²) in [7, 11) is 0. The second-order valence-electron chi connectivity index (χ2n) is 5.30. The van der Waals surface area contributed by atoms with Crippen molar-refractivity contribution in [2.75, 3.05) is 6.54 Å². The van der Waals surface area contributed by atoms with Gasteiger partial charge in [-0.25, -0.2) is 0 Å². The lowest BCUT2D eigenvalue weighted by atomic mass is 9.81. The van der Waals surface area contributed by atoms with Gasteiger partial charge in [0.2, 0.25) is 11.8 Å². The van der Waals surface area contributed by atoms with E-state index >= 15 is 0 Å². The molecule has 1 heterocycles. The number of likely N-dealkylation sites (tertiary alicyclic amines) is 1. The van der Waals surface area contributed by atoms with Crippen LogP contribution in [0.15, 0.2) is 0 Å². The Morgan fingerprint density at radius 1 is 1.29 bits per heavy atom. The molecule has 4 nitrogen and oxygen atoms in total. The zero-order chi connectivity index (χ0) is 13.3. The predicted molar refractivity (Wildman–Crippen MR) is 65.3 cm³/mol. The molecular formula is C13H23NO3. The molecule has 0 radical (unpaired) electrons. The molecule has 1 aliphatic rings. The lowest BCUT2D eigenvalue weighted by Gasteiger charge is -2.29. The fourth-order valence-electron chi connectivity index (χ4n) is 2.27. The van der Waals surface area contributed by atoms with Crippen LogP contribution in [0.25, 0.3) is 0 Å². The molecular weight excluding hydrogens is 218 g/mol. The van der Waals surface area contributed by atoms with Crippen molar-refractivity contribution in [3.63, 3.8) is 0 Å². The monoisotopic (exact) mass is 241 g/mol. The Balaban J connectivity index is 2.90. The maximum atomic E-state index is 12.3. The van der Waals surface area contributed by atoms with Crippen LogP contribution < -0.4 is 0 Å². The molecule has 1 atom stereocenters. The zero-order valence-corrected chi connectivity index (χ0v) is 11.2. The van der Waals surface area contributed by atoms with Crippen LogP contribution in [0.5, 0.6) is 0 Å². The highest BCUT2D eigenvalue weighted by atomic mass is 16.3. The van der Waals surface area contributed by atoms with Gasteiger partial charge in [0, 0.05) is 6.42 Å². The molecule has 2 amide bonds. The van der Waals surface area contributed by atoms with Crippen molar-refractivity contribution in [1.82, 2.24) is 4.90 Å². The molecule has 1 saturated heterocycles. The van der Waals surface area contributed by atoms with Crippen LogP contribution >= 0.6 is 0 Å². The summed E-state index contributed by atoms with van der Waals surface area (Å²) in [4.78, 5) is 25.4. The number of carbonyl (C=O) groups excluding carboxylic acids is 2. The maximum absolute atomic E-state index is 12.3. The molecule has 1 N–H and O–H groups in total. The number of aliphatic hydroxyl groups is 1. The first kappa shape index (κ1) is 14.2. The van der Waals surface area contributed by atoms with Crippen LogP contribution in [0.4, 0.5) is 0 Å². The lowest BCUT2D eigenvalue weighted by molar-refractivity contribution is -0.145. The Morgan fingerprint density at radius 2 is 1.82 bits per heavy atom. The van der Waals surface area contributed by atoms with E-state index in [9.17, 15) is 14.7 Å². The highest BCUT2D eigenvalue weighted by Crippen LogP contribution is 2.39. The van der Waals surface area contributed by atoms with Gasteiger partial charge >= 0.3 is 0 Å². The van der Waals surface area contributed by atoms with Gasteiger partial charge < -0.3 is 5.11 Å². The zero-order valence-electron chi connectivity index (χ0n) is 11.2. The van der Waals surface area contributed by atoms with E-state index < -0.39 is 11.0 Å². The van der Waals surface area contributed by atoms with Crippen LogP contribution in [0.3, 0.4) is 0 Å². The van der Waals surface area contributed by atoms with E-state index in [-0.39, 0.29) is 18.4 Å². The van der Waals surface area contributed by atoms with Crippen molar-refractivity contribution >= 4 is 11.8 Å². The van der Waals surface area contributed by atoms with Crippen molar-refractivity contribution in [3.8, 4) is 0 Å². The van der Waals surface area contributed by atoms with Crippen LogP contribution in [0, 0.1) is 5.41 Å². The predicted octanol–water partition coefficient (Wildman–Crippen LogP) is 1.71. The summed E-state index contributed by atoms with van der Waals surface area (Å²) in [6.07, 6.45) is 2.17. The molecule has 0 aromatic rings. The quantitative estimate of drug-likeness (QED) is 0.745. The van der Waals surface area contributed by atoms with Gasteiger partial charge in [-0.1, -0.05) is 20.8 Å². The molecule has 17 heavy (non-hydrogen) atoms. The first-order chi connectivity index (χ1) is 7.82. The van der Waals surface area contributed by atoms with Gasteiger partial charge in [-0.15, -0.1) is 0 Å². The average molecular weight is 241 g/mol. The van der Waals surface area contributed by atoms with Gasteiger partial charge in [-0.05, 0) is 26.2 Å². The number of hydrogen-bond acceptors (Lipinski definition) is 3. The normalized spacial score (nSPS) is 23.0. The molecule has 1 unspecified atom stereocenters. The Hall–Kier alpha value is -0.900. The van der Waals surface area contributed by atoms with Gasteiger partial charge in [0.15, 0.2) is 0 Å². The summed E-state index contributed by atoms with van der Waals surface area (Å²) in [5.74, 6) is -0.256. The second-order valence-corrected chi connectivity index (χ2v) is 5.30. The first-order valence-corrected chi connectivity index (χ1v) is 6.39. The Morgan fingerprint density at radius 3 is 2.18 bits per heavy atom. The molecule has 0 aromatic carbocycles. The van der Waals surface area contributed by atoms with Crippen LogP contribution in [0.2, 0.25) is 0 Å². The van der Waals surface area contributed by atoms with E-state index in [0.29, 0.717) is 25.7 Å². The maximum Gasteiger partial charge on any atom is 0.235 e. The third kappa shape index (κ3) is 2.51. The third-order valence-electron chi connectivity index (χ3n) is 4.10. The summed E-state index contributed by atoms with van der Waals surface area (Å²) >= 11 is 0. The number of amides is 2. The summed E-state index contributed by atoms with van der Waals surface area (Å²) in [5, 5.41) is 9.99. The minimum Gasteiger partial charge on any atom is -0.388 e. The SMILES string of the molecule is CCC(C)(O)CN1C(=O)CC(CC)(CC)C1=O. The van der Waals surface area contributed by atoms with Gasteiger partial charge in [0.1, 0.15) is 0 Å². The van der Waals surface area contributed by atoms with Crippen LogP contribution in [-0.2, 0) is 9.59 Å². The van der Waals surface area contributed by atoms with Crippen molar-refractivity contribution in [3.05, 3.63) is 0 Å². The fourth-order valence-corrected chi connectivity index (χ4v) is 2.27. The molecule has 0 bridgehead atoms. The van der Waals surface area contributed by atoms with Gasteiger partial charge in [-0.2, -0.15) is 0 Å². The smallest absolute Gasteiger partial charge is 0.235 e. The van der Waals surface area contributed by atoms with Crippen LogP contribution in [-0.4, -0.2) is 34.0 Å². The highest BCUT2D eigenvalue weighted by molar-refractivity contribution is 6.05. The van der Waals surface area contributed by atoms with Crippen LogP contribution in [0.1, 0.15) is 53.4 Å². The van der Waals surface area contributed by atoms with Gasteiger partial charge in [-0.3, -0.25) is 14.5 Å². The topological polar surface area (TPSA) is 57.6 Å². The summed E-state index contributed by atoms with van der Waals surface area (Å²) in [6.45, 7) is 7.50. The van der Waals surface area contributed by atoms with Gasteiger partial charge in [0.25, 0.3) is 0 Å². The highest BCUT2D eigenvalue weighted by Gasteiger charge is 2.50. The van der Waals surface area contributed by atoms with E-state index in [1.165, 1.54) is 4.90 Å². The van der Waals surface area contributed by atoms with E-state index in [2.05, 4.69) is 0 Å². The first-order valence-electron chi connectivity index (χ1n) is 6.39. The number of hydrogen-bond donors (Lipinski definition) is 1. The molecule has 0 spiro atoms. The Kier molecular flexibility index (Phi) is 3.97. The summed E-state index contributed by atoms with van der Waals surface area (Å²) < 4.78 is 0. The second kappa shape index (κ2) is 4.77. The standard InChI is InChI=1S/C13H23NO3/c1-5-12(4,17)9-14-10(15)8-13(6-2,7-3)11(14)16/h17H,5-9H2,1-4H3. The minimum absolute atomic E-state index is 0.110. The number of rotatable bonds is 5. The Labute approximate surface area is 103 Å². The summed E-state index contributed by atoms with van der Waals surface area (Å²) in [5.41, 5.74) is -1.51. The Bertz CT molecular complexity index is 319. The third-order valence-corrected chi connectivity index (χ3v) is 4.10. The lowest BCUT2D eigenvalue weighted by Crippen LogP contribution is -2.45. The number of nitrogens with zero attached hydrogens (tertiary/aromatic N) is 1. The molecule has 1 fully saturated rings. The molecule has 1 aliphatic heterocycles. The van der Waals surface area contributed by atoms with E-state index in [1.807, 2.05) is 20.8 Å². The van der Waals surface area contributed by atoms with E-state index in [0.717, 1.165) is 0 Å².